The van der Waals surface area contributed by atoms with Gasteiger partial charge in [-0.1, -0.05) is 23.7 Å². The molecule has 0 saturated carbocycles. The largest absolute Gasteiger partial charge is 0.360 e. The van der Waals surface area contributed by atoms with Crippen LogP contribution in [0.1, 0.15) is 6.42 Å². The molecule has 0 bridgehead atoms. The molecule has 2 heterocycles. The molecular formula is C20H20ClFN3O2+. The smallest absolute Gasteiger partial charge is 0.292 e. The average molecular weight is 389 g/mol. The van der Waals surface area contributed by atoms with Crippen LogP contribution in [0, 0.1) is 5.82 Å². The van der Waals surface area contributed by atoms with E-state index < -0.39 is 11.9 Å². The summed E-state index contributed by atoms with van der Waals surface area (Å²) in [7, 11) is 0. The van der Waals surface area contributed by atoms with Crippen LogP contribution in [0.4, 0.5) is 15.8 Å². The molecule has 2 amide bonds. The summed E-state index contributed by atoms with van der Waals surface area (Å²) in [4.78, 5) is 29.6. The Morgan fingerprint density at radius 3 is 2.33 bits per heavy atom. The molecule has 0 unspecified atom stereocenters. The maximum Gasteiger partial charge on any atom is 0.292 e. The van der Waals surface area contributed by atoms with Gasteiger partial charge in [-0.25, -0.2) is 9.29 Å². The zero-order valence-electron chi connectivity index (χ0n) is 14.7. The van der Waals surface area contributed by atoms with E-state index in [1.165, 1.54) is 12.1 Å². The normalized spacial score (nSPS) is 21.2. The third-order valence-electron chi connectivity index (χ3n) is 5.33. The van der Waals surface area contributed by atoms with Crippen LogP contribution in [-0.2, 0) is 9.59 Å². The lowest BCUT2D eigenvalue weighted by Crippen LogP contribution is -3.19. The van der Waals surface area contributed by atoms with Crippen LogP contribution in [-0.4, -0.2) is 44.0 Å². The molecule has 0 spiro atoms. The van der Waals surface area contributed by atoms with Gasteiger partial charge < -0.3 is 9.80 Å². The minimum Gasteiger partial charge on any atom is -0.360 e. The fourth-order valence-electron chi connectivity index (χ4n) is 3.89. The van der Waals surface area contributed by atoms with E-state index in [2.05, 4.69) is 4.90 Å². The van der Waals surface area contributed by atoms with Crippen LogP contribution in [0.2, 0.25) is 5.02 Å². The standard InChI is InChI=1S/C20H19ClFN3O2/c21-14-5-7-15(8-6-14)23-9-11-24(12-10-23)18-13-19(26)25(20(18)27)17-4-2-1-3-16(17)22/h1-8,18H,9-13H2/p+1/t18-/m1/s1. The fraction of sp³-hybridized carbons (Fsp3) is 0.300. The molecule has 0 aromatic heterocycles. The molecule has 5 nitrogen and oxygen atoms in total. The zero-order valence-corrected chi connectivity index (χ0v) is 15.5. The van der Waals surface area contributed by atoms with E-state index in [-0.39, 0.29) is 23.9 Å². The number of hydrogen-bond acceptors (Lipinski definition) is 3. The molecule has 4 rings (SSSR count). The number of nitrogens with zero attached hydrogens (tertiary/aromatic N) is 2. The summed E-state index contributed by atoms with van der Waals surface area (Å²) in [6.45, 7) is 3.07. The van der Waals surface area contributed by atoms with Crippen LogP contribution in [0.15, 0.2) is 48.5 Å². The van der Waals surface area contributed by atoms with Crippen molar-refractivity contribution in [2.24, 2.45) is 0 Å². The minimum absolute atomic E-state index is 0.0502. The predicted octanol–water partition coefficient (Wildman–Crippen LogP) is 1.52. The third-order valence-corrected chi connectivity index (χ3v) is 5.58. The van der Waals surface area contributed by atoms with Crippen LogP contribution < -0.4 is 14.7 Å². The highest BCUT2D eigenvalue weighted by atomic mass is 35.5. The van der Waals surface area contributed by atoms with Gasteiger partial charge in [-0.3, -0.25) is 9.59 Å². The van der Waals surface area contributed by atoms with E-state index in [0.29, 0.717) is 5.02 Å². The Kier molecular flexibility index (Phi) is 4.85. The second kappa shape index (κ2) is 7.29. The summed E-state index contributed by atoms with van der Waals surface area (Å²) in [6.07, 6.45) is 0.128. The second-order valence-corrected chi connectivity index (χ2v) is 7.33. The minimum atomic E-state index is -0.553. The summed E-state index contributed by atoms with van der Waals surface area (Å²) in [5, 5.41) is 0.700. The Hall–Kier alpha value is -2.44. The van der Waals surface area contributed by atoms with Crippen LogP contribution in [0.3, 0.4) is 0 Å². The SMILES string of the molecule is O=C1C[C@@H]([NH+]2CCN(c3ccc(Cl)cc3)CC2)C(=O)N1c1ccccc1F. The molecule has 0 aliphatic carbocycles. The molecule has 0 radical (unpaired) electrons. The Morgan fingerprint density at radius 2 is 1.67 bits per heavy atom. The monoisotopic (exact) mass is 388 g/mol. The number of piperazine rings is 1. The maximum absolute atomic E-state index is 14.1. The zero-order chi connectivity index (χ0) is 19.0. The Bertz CT molecular complexity index is 866. The van der Waals surface area contributed by atoms with Crippen molar-refractivity contribution in [2.45, 2.75) is 12.5 Å². The Labute approximate surface area is 161 Å². The van der Waals surface area contributed by atoms with Gasteiger partial charge in [0.05, 0.1) is 38.3 Å². The first-order valence-corrected chi connectivity index (χ1v) is 9.39. The number of hydrogen-bond donors (Lipinski definition) is 1. The van der Waals surface area contributed by atoms with Gasteiger partial charge in [-0.05, 0) is 36.4 Å². The van der Waals surface area contributed by atoms with E-state index in [0.717, 1.165) is 41.7 Å². The summed E-state index contributed by atoms with van der Waals surface area (Å²) < 4.78 is 14.1. The van der Waals surface area contributed by atoms with E-state index >= 15 is 0 Å². The molecule has 1 N–H and O–H groups in total. The third kappa shape index (κ3) is 3.42. The van der Waals surface area contributed by atoms with Gasteiger partial charge in [-0.15, -0.1) is 0 Å². The highest BCUT2D eigenvalue weighted by Gasteiger charge is 2.47. The lowest BCUT2D eigenvalue weighted by Gasteiger charge is -2.35. The van der Waals surface area contributed by atoms with Crippen molar-refractivity contribution in [2.75, 3.05) is 36.0 Å². The number of anilines is 2. The number of nitrogens with one attached hydrogen (secondary N) is 1. The fourth-order valence-corrected chi connectivity index (χ4v) is 4.02. The van der Waals surface area contributed by atoms with Crippen molar-refractivity contribution < 1.29 is 18.9 Å². The molecule has 2 aromatic rings. The van der Waals surface area contributed by atoms with Gasteiger partial charge in [0.15, 0.2) is 6.04 Å². The highest BCUT2D eigenvalue weighted by molar-refractivity contribution is 6.30. The number of carbonyl (C=O) groups is 2. The molecule has 2 aromatic carbocycles. The number of benzene rings is 2. The van der Waals surface area contributed by atoms with Gasteiger partial charge in [0.25, 0.3) is 5.91 Å². The molecule has 27 heavy (non-hydrogen) atoms. The average Bonchev–Trinajstić information content (AvgIpc) is 2.97. The topological polar surface area (TPSA) is 45.1 Å². The first kappa shape index (κ1) is 17.9. The molecule has 2 saturated heterocycles. The molecule has 1 atom stereocenters. The molecule has 140 valence electrons. The number of carbonyl (C=O) groups excluding carboxylic acids is 2. The van der Waals surface area contributed by atoms with Crippen molar-refractivity contribution in [1.82, 2.24) is 0 Å². The molecule has 2 aliphatic heterocycles. The van der Waals surface area contributed by atoms with Crippen molar-refractivity contribution in [3.05, 3.63) is 59.4 Å². The van der Waals surface area contributed by atoms with Crippen molar-refractivity contribution in [3.63, 3.8) is 0 Å². The lowest BCUT2D eigenvalue weighted by molar-refractivity contribution is -0.915. The Balaban J connectivity index is 1.45. The lowest BCUT2D eigenvalue weighted by atomic mass is 10.1. The van der Waals surface area contributed by atoms with Gasteiger partial charge in [-0.2, -0.15) is 0 Å². The van der Waals surface area contributed by atoms with Crippen LogP contribution >= 0.6 is 11.6 Å². The number of imide groups is 1. The van der Waals surface area contributed by atoms with Gasteiger partial charge in [0.1, 0.15) is 5.82 Å². The quantitative estimate of drug-likeness (QED) is 0.811. The molecular weight excluding hydrogens is 369 g/mol. The Morgan fingerprint density at radius 1 is 1.00 bits per heavy atom. The van der Waals surface area contributed by atoms with Crippen molar-refractivity contribution in [1.29, 1.82) is 0 Å². The predicted molar refractivity (Wildman–Crippen MR) is 102 cm³/mol. The van der Waals surface area contributed by atoms with Crippen molar-refractivity contribution in [3.8, 4) is 0 Å². The van der Waals surface area contributed by atoms with E-state index in [4.69, 9.17) is 11.6 Å². The van der Waals surface area contributed by atoms with Crippen LogP contribution in [0.5, 0.6) is 0 Å². The summed E-state index contributed by atoms with van der Waals surface area (Å²) >= 11 is 5.94. The second-order valence-electron chi connectivity index (χ2n) is 6.90. The number of rotatable bonds is 3. The van der Waals surface area contributed by atoms with Crippen LogP contribution in [0.25, 0.3) is 0 Å². The maximum atomic E-state index is 14.1. The number of amides is 2. The summed E-state index contributed by atoms with van der Waals surface area (Å²) in [5.41, 5.74) is 1.15. The summed E-state index contributed by atoms with van der Waals surface area (Å²) in [5.74, 6) is -1.19. The van der Waals surface area contributed by atoms with Gasteiger partial charge >= 0.3 is 0 Å². The highest BCUT2D eigenvalue weighted by Crippen LogP contribution is 2.25. The molecule has 2 aliphatic rings. The van der Waals surface area contributed by atoms with Crippen molar-refractivity contribution >= 4 is 34.8 Å². The first-order chi connectivity index (χ1) is 13.0. The summed E-state index contributed by atoms with van der Waals surface area (Å²) in [6, 6.07) is 13.2. The van der Waals surface area contributed by atoms with E-state index in [9.17, 15) is 14.0 Å². The van der Waals surface area contributed by atoms with Gasteiger partial charge in [0, 0.05) is 10.7 Å². The number of quaternary nitrogens is 1. The van der Waals surface area contributed by atoms with Gasteiger partial charge in [0.2, 0.25) is 5.91 Å². The van der Waals surface area contributed by atoms with E-state index in [1.807, 2.05) is 24.3 Å². The number of halogens is 2. The molecule has 7 heteroatoms. The first-order valence-electron chi connectivity index (χ1n) is 9.01. The molecule has 2 fully saturated rings. The van der Waals surface area contributed by atoms with E-state index in [1.54, 1.807) is 12.1 Å². The number of para-hydroxylation sites is 1.